The van der Waals surface area contributed by atoms with E-state index in [4.69, 9.17) is 47.4 Å². The highest BCUT2D eigenvalue weighted by Gasteiger charge is 2.79. The number of carbonyl (C=O) groups excluding carboxylic acids is 1. The molecule has 3 aromatic rings. The highest BCUT2D eigenvalue weighted by atomic mass is 16.7. The molecule has 13 nitrogen and oxygen atoms in total. The molecule has 61 heavy (non-hydrogen) atoms. The Balaban J connectivity index is 1.04. The Labute approximate surface area is 357 Å². The number of aliphatic hydroxyl groups is 2. The normalized spacial score (nSPS) is 33.8. The molecule has 1 spiro atoms. The molecule has 0 bridgehead atoms. The van der Waals surface area contributed by atoms with Crippen LogP contribution in [0.2, 0.25) is 0 Å². The summed E-state index contributed by atoms with van der Waals surface area (Å²) >= 11 is 0. The molecule has 3 aliphatic heterocycles. The molecule has 11 atom stereocenters. The first-order chi connectivity index (χ1) is 29.5. The first kappa shape index (κ1) is 43.2. The molecule has 0 unspecified atom stereocenters. The minimum atomic E-state index is -1.91. The first-order valence-corrected chi connectivity index (χ1v) is 20.9. The highest BCUT2D eigenvalue weighted by Crippen LogP contribution is 2.69. The molecule has 326 valence electrons. The third kappa shape index (κ3) is 8.17. The zero-order valence-electron chi connectivity index (χ0n) is 35.4. The molecular formula is C48H56O13. The number of hydrogen-bond acceptors (Lipinski definition) is 13. The Hall–Kier alpha value is -4.49. The van der Waals surface area contributed by atoms with E-state index in [1.807, 2.05) is 92.7 Å². The van der Waals surface area contributed by atoms with Gasteiger partial charge in [0, 0.05) is 36.0 Å². The molecule has 0 amide bonds. The van der Waals surface area contributed by atoms with Gasteiger partial charge < -0.3 is 57.6 Å². The largest absolute Gasteiger partial charge is 0.497 e. The average Bonchev–Trinajstić information content (AvgIpc) is 3.84. The maximum Gasteiger partial charge on any atom is 0.367 e. The van der Waals surface area contributed by atoms with Gasteiger partial charge in [-0.05, 0) is 53.5 Å². The Bertz CT molecular complexity index is 2020. The van der Waals surface area contributed by atoms with Crippen LogP contribution in [0, 0.1) is 34.5 Å². The van der Waals surface area contributed by atoms with Gasteiger partial charge in [0.25, 0.3) is 5.79 Å². The summed E-state index contributed by atoms with van der Waals surface area (Å²) in [7, 11) is 4.56. The van der Waals surface area contributed by atoms with Crippen LogP contribution in [-0.4, -0.2) is 99.9 Å². The molecule has 4 fully saturated rings. The summed E-state index contributed by atoms with van der Waals surface area (Å²) in [5.41, 5.74) is 1.61. The van der Waals surface area contributed by atoms with E-state index in [0.717, 1.165) is 28.2 Å². The quantitative estimate of drug-likeness (QED) is 0.156. The SMILES string of the molecule is COC(=O)[C@@]1(OCc2ccccc2)OC[C@]23[C@@H]1C(C)=C(OCC#C[C@@H]1C[C@@H](OCc4ccc(OC)cc4)C[C@@H](OCc4ccc(OC)cc4)O1)[C@@H]1OC[C@](C)([C@H](O)C[C@@H]2O)[C@H]13. The zero-order valence-corrected chi connectivity index (χ0v) is 35.4. The Morgan fingerprint density at radius 1 is 0.803 bits per heavy atom. The van der Waals surface area contributed by atoms with Crippen LogP contribution in [0.15, 0.2) is 90.2 Å². The molecule has 5 aliphatic rings. The van der Waals surface area contributed by atoms with Crippen LogP contribution in [0.3, 0.4) is 0 Å². The van der Waals surface area contributed by atoms with E-state index in [2.05, 4.69) is 11.8 Å². The second-order valence-electron chi connectivity index (χ2n) is 16.9. The third-order valence-electron chi connectivity index (χ3n) is 13.3. The molecule has 13 heteroatoms. The van der Waals surface area contributed by atoms with Crippen molar-refractivity contribution in [3.8, 4) is 23.3 Å². The Morgan fingerprint density at radius 2 is 1.46 bits per heavy atom. The number of aliphatic hydroxyl groups excluding tert-OH is 2. The van der Waals surface area contributed by atoms with Crippen molar-refractivity contribution in [2.45, 2.75) is 95.5 Å². The van der Waals surface area contributed by atoms with Gasteiger partial charge in [0.15, 0.2) is 6.29 Å². The molecule has 3 heterocycles. The number of hydrogen-bond donors (Lipinski definition) is 2. The maximum atomic E-state index is 14.0. The van der Waals surface area contributed by atoms with Crippen molar-refractivity contribution in [1.29, 1.82) is 0 Å². The Morgan fingerprint density at radius 3 is 2.11 bits per heavy atom. The van der Waals surface area contributed by atoms with E-state index in [0.29, 0.717) is 37.4 Å². The second-order valence-corrected chi connectivity index (χ2v) is 16.9. The van der Waals surface area contributed by atoms with E-state index in [9.17, 15) is 15.0 Å². The monoisotopic (exact) mass is 840 g/mol. The molecule has 3 aromatic carbocycles. The smallest absolute Gasteiger partial charge is 0.367 e. The minimum Gasteiger partial charge on any atom is -0.497 e. The lowest BCUT2D eigenvalue weighted by Gasteiger charge is -2.58. The summed E-state index contributed by atoms with van der Waals surface area (Å²) in [6, 6.07) is 24.9. The molecule has 8 rings (SSSR count). The highest BCUT2D eigenvalue weighted by molar-refractivity contribution is 5.80. The fourth-order valence-corrected chi connectivity index (χ4v) is 10.3. The van der Waals surface area contributed by atoms with E-state index in [-0.39, 0.29) is 39.0 Å². The molecule has 2 N–H and O–H groups in total. The summed E-state index contributed by atoms with van der Waals surface area (Å²) in [4.78, 5) is 14.0. The lowest BCUT2D eigenvalue weighted by molar-refractivity contribution is -0.248. The molecule has 2 aliphatic carbocycles. The van der Waals surface area contributed by atoms with Gasteiger partial charge in [-0.3, -0.25) is 0 Å². The first-order valence-electron chi connectivity index (χ1n) is 20.9. The van der Waals surface area contributed by atoms with Gasteiger partial charge >= 0.3 is 5.97 Å². The van der Waals surface area contributed by atoms with Crippen LogP contribution in [0.4, 0.5) is 0 Å². The second kappa shape index (κ2) is 18.1. The standard InChI is InChI=1S/C48H56O13/c1-30-41(42-44-46(2,28-58-42)38(49)24-39(50)47(44)29-60-48(43(30)47,45(51)54-5)59-27-31-10-7-6-8-11-31)55-21-9-12-36-22-37(56-25-32-13-17-34(52-3)18-14-32)23-40(61-36)57-26-33-15-19-35(53-4)20-16-33/h6-8,10-11,13-20,36-40,42-44,49-50H,21-29H2,1-5H3/t36-,37-,38-,39+,40+,42+,43+,44+,46-,47-,48+/m1/s1. The number of carbonyl (C=O) groups is 1. The summed E-state index contributed by atoms with van der Waals surface area (Å²) < 4.78 is 61.1. The zero-order chi connectivity index (χ0) is 42.8. The maximum absolute atomic E-state index is 14.0. The van der Waals surface area contributed by atoms with E-state index >= 15 is 0 Å². The van der Waals surface area contributed by atoms with E-state index in [1.54, 1.807) is 14.2 Å². The van der Waals surface area contributed by atoms with Gasteiger partial charge in [-0.1, -0.05) is 73.4 Å². The lowest BCUT2D eigenvalue weighted by Crippen LogP contribution is -2.67. The van der Waals surface area contributed by atoms with Crippen molar-refractivity contribution in [1.82, 2.24) is 0 Å². The van der Waals surface area contributed by atoms with Gasteiger partial charge in [-0.15, -0.1) is 0 Å². The van der Waals surface area contributed by atoms with Crippen molar-refractivity contribution in [2.75, 3.05) is 41.2 Å². The summed E-state index contributed by atoms with van der Waals surface area (Å²) in [6.45, 7) is 4.78. The van der Waals surface area contributed by atoms with Crippen LogP contribution in [-0.2, 0) is 62.5 Å². The van der Waals surface area contributed by atoms with Gasteiger partial charge in [0.1, 0.15) is 36.1 Å². The number of esters is 1. The topological polar surface area (TPSA) is 150 Å². The van der Waals surface area contributed by atoms with Crippen molar-refractivity contribution in [2.24, 2.45) is 22.7 Å². The fourth-order valence-electron chi connectivity index (χ4n) is 10.3. The van der Waals surface area contributed by atoms with Gasteiger partial charge in [-0.2, -0.15) is 0 Å². The van der Waals surface area contributed by atoms with Gasteiger partial charge in [-0.25, -0.2) is 4.79 Å². The number of methoxy groups -OCH3 is 3. The van der Waals surface area contributed by atoms with Crippen molar-refractivity contribution in [3.05, 3.63) is 107 Å². The van der Waals surface area contributed by atoms with Gasteiger partial charge in [0.2, 0.25) is 0 Å². The van der Waals surface area contributed by atoms with Crippen LogP contribution < -0.4 is 9.47 Å². The van der Waals surface area contributed by atoms with Crippen LogP contribution in [0.25, 0.3) is 0 Å². The molecule has 0 aromatic heterocycles. The van der Waals surface area contributed by atoms with Gasteiger partial charge in [0.05, 0.1) is 78.6 Å². The predicted octanol–water partition coefficient (Wildman–Crippen LogP) is 5.48. The van der Waals surface area contributed by atoms with E-state index in [1.165, 1.54) is 7.11 Å². The minimum absolute atomic E-state index is 0.0115. The molecule has 0 radical (unpaired) electrons. The summed E-state index contributed by atoms with van der Waals surface area (Å²) in [6.07, 6.45) is -2.74. The van der Waals surface area contributed by atoms with Crippen LogP contribution in [0.5, 0.6) is 11.5 Å². The summed E-state index contributed by atoms with van der Waals surface area (Å²) in [5.74, 6) is 4.48. The number of benzene rings is 3. The number of ether oxygens (including phenoxy) is 10. The van der Waals surface area contributed by atoms with Crippen molar-refractivity contribution < 1.29 is 62.4 Å². The number of rotatable bonds is 14. The Kier molecular flexibility index (Phi) is 12.8. The van der Waals surface area contributed by atoms with Crippen LogP contribution in [0.1, 0.15) is 49.8 Å². The van der Waals surface area contributed by atoms with Crippen molar-refractivity contribution >= 4 is 5.97 Å². The van der Waals surface area contributed by atoms with E-state index < -0.39 is 65.1 Å². The lowest BCUT2D eigenvalue weighted by atomic mass is 9.45. The predicted molar refractivity (Wildman–Crippen MR) is 219 cm³/mol. The fraction of sp³-hybridized carbons (Fsp3) is 0.521. The average molecular weight is 841 g/mol. The molecule has 3 saturated heterocycles. The van der Waals surface area contributed by atoms with Crippen molar-refractivity contribution in [3.63, 3.8) is 0 Å². The molecular weight excluding hydrogens is 785 g/mol. The third-order valence-corrected chi connectivity index (χ3v) is 13.3. The molecule has 1 saturated carbocycles. The van der Waals surface area contributed by atoms with Crippen LogP contribution >= 0.6 is 0 Å². The summed E-state index contributed by atoms with van der Waals surface area (Å²) in [5, 5.41) is 23.5.